The van der Waals surface area contributed by atoms with Crippen LogP contribution >= 0.6 is 8.53 Å². The molecular weight excluding hydrogens is 629 g/mol. The molecule has 2 aliphatic rings. The number of aromatic nitrogens is 2. The number of likely N-dealkylation sites (N-methyl/N-ethyl adjacent to an activating group) is 1. The molecule has 2 aliphatic heterocycles. The summed E-state index contributed by atoms with van der Waals surface area (Å²) in [4.78, 5) is 27.6. The molecule has 0 bridgehead atoms. The second-order valence-corrected chi connectivity index (χ2v) is 19.3. The molecule has 3 heterocycles. The van der Waals surface area contributed by atoms with Crippen molar-refractivity contribution in [3.05, 3.63) is 129 Å². The van der Waals surface area contributed by atoms with Gasteiger partial charge in [-0.25, -0.2) is 9.46 Å². The maximum Gasteiger partial charge on any atom is 0.330 e. The zero-order chi connectivity index (χ0) is 33.3. The molecule has 0 radical (unpaired) electrons. The third-order valence-corrected chi connectivity index (χ3v) is 16.1. The lowest BCUT2D eigenvalue weighted by atomic mass is 10.0. The first kappa shape index (κ1) is 33.7. The van der Waals surface area contributed by atoms with E-state index < -0.39 is 46.5 Å². The molecule has 3 aromatic carbocycles. The lowest BCUT2D eigenvalue weighted by molar-refractivity contribution is -0.0396. The molecule has 1 N–H and O–H groups in total. The van der Waals surface area contributed by atoms with E-state index in [-0.39, 0.29) is 23.8 Å². The molecule has 248 valence electrons. The lowest BCUT2D eigenvalue weighted by Gasteiger charge is -2.43. The van der Waals surface area contributed by atoms with Gasteiger partial charge in [0.1, 0.15) is 18.4 Å². The quantitative estimate of drug-likeness (QED) is 0.188. The highest BCUT2D eigenvalue weighted by atomic mass is 31.2. The van der Waals surface area contributed by atoms with E-state index in [1.165, 1.54) is 14.9 Å². The summed E-state index contributed by atoms with van der Waals surface area (Å²) in [7, 11) is -2.30. The number of rotatable bonds is 9. The van der Waals surface area contributed by atoms with E-state index in [0.29, 0.717) is 12.0 Å². The van der Waals surface area contributed by atoms with Crippen molar-refractivity contribution in [3.63, 3.8) is 0 Å². The highest BCUT2D eigenvalue weighted by Crippen LogP contribution is 2.58. The molecule has 9 nitrogen and oxygen atoms in total. The molecular formula is C36H44N3O6PSi. The Bertz CT molecular complexity index is 1730. The third-order valence-electron chi connectivity index (χ3n) is 9.36. The summed E-state index contributed by atoms with van der Waals surface area (Å²) in [5.41, 5.74) is 0.605. The number of benzene rings is 3. The SMILES string of the molecule is Cc1cn([C@H]2C[C@H](OP3O[C@H](c4ccccc4)[C@H](C)N3C)[C@@H](CO[Si](c3ccccc3)(c3ccccc3)C(C)(C)C)O2)c(=O)[nH]c1=O. The number of ether oxygens (including phenoxy) is 1. The van der Waals surface area contributed by atoms with Gasteiger partial charge < -0.3 is 18.2 Å². The minimum atomic E-state index is -2.89. The van der Waals surface area contributed by atoms with Crippen molar-refractivity contribution in [2.24, 2.45) is 0 Å². The van der Waals surface area contributed by atoms with Gasteiger partial charge in [-0.3, -0.25) is 14.3 Å². The molecule has 2 saturated heterocycles. The fraction of sp³-hybridized carbons (Fsp3) is 0.389. The van der Waals surface area contributed by atoms with E-state index in [1.807, 2.05) is 37.4 Å². The number of nitrogens with zero attached hydrogens (tertiary/aromatic N) is 2. The smallest absolute Gasteiger partial charge is 0.330 e. The number of H-pyrrole nitrogens is 1. The summed E-state index contributed by atoms with van der Waals surface area (Å²) in [6.45, 7) is 10.8. The predicted molar refractivity (Wildman–Crippen MR) is 187 cm³/mol. The van der Waals surface area contributed by atoms with Gasteiger partial charge in [0.2, 0.25) is 0 Å². The third kappa shape index (κ3) is 6.61. The highest BCUT2D eigenvalue weighted by molar-refractivity contribution is 7.44. The normalized spacial score (nSPS) is 25.3. The van der Waals surface area contributed by atoms with Crippen LogP contribution in [-0.2, 0) is 18.2 Å². The molecule has 47 heavy (non-hydrogen) atoms. The standard InChI is InChI=1S/C36H44N3O6PSi/c1-25-23-39(35(41)37-34(25)40)32-22-30(44-46-38(6)26(2)33(45-46)27-16-10-7-11-17-27)31(43-32)24-42-47(36(3,4)5,28-18-12-8-13-19-28)29-20-14-9-15-21-29/h7-21,23,26,30-33H,22,24H2,1-6H3,(H,37,40,41)/t26-,30-,31+,32+,33-,46?/m0/s1. The van der Waals surface area contributed by atoms with Gasteiger partial charge in [0.25, 0.3) is 22.4 Å². The summed E-state index contributed by atoms with van der Waals surface area (Å²) >= 11 is 0. The summed E-state index contributed by atoms with van der Waals surface area (Å²) in [5, 5.41) is 2.11. The largest absolute Gasteiger partial charge is 0.405 e. The van der Waals surface area contributed by atoms with Crippen LogP contribution in [0.25, 0.3) is 0 Å². The number of aryl methyl sites for hydroxylation is 1. The van der Waals surface area contributed by atoms with Gasteiger partial charge in [-0.15, -0.1) is 0 Å². The van der Waals surface area contributed by atoms with E-state index in [2.05, 4.69) is 98.0 Å². The first-order chi connectivity index (χ1) is 22.5. The minimum absolute atomic E-state index is 0.0953. The van der Waals surface area contributed by atoms with Crippen LogP contribution in [0.15, 0.2) is 107 Å². The van der Waals surface area contributed by atoms with Crippen molar-refractivity contribution in [1.82, 2.24) is 14.2 Å². The second kappa shape index (κ2) is 13.7. The zero-order valence-corrected chi connectivity index (χ0v) is 29.7. The lowest BCUT2D eigenvalue weighted by Crippen LogP contribution is -2.67. The van der Waals surface area contributed by atoms with Crippen LogP contribution in [-0.4, -0.2) is 54.4 Å². The van der Waals surface area contributed by atoms with E-state index in [9.17, 15) is 9.59 Å². The average molecular weight is 674 g/mol. The van der Waals surface area contributed by atoms with E-state index >= 15 is 0 Å². The molecule has 6 atom stereocenters. The molecule has 1 aromatic heterocycles. The Labute approximate surface area is 278 Å². The summed E-state index contributed by atoms with van der Waals surface area (Å²) in [6.07, 6.45) is 0.216. The number of hydrogen-bond donors (Lipinski definition) is 1. The van der Waals surface area contributed by atoms with Gasteiger partial charge in [0.05, 0.1) is 12.7 Å². The van der Waals surface area contributed by atoms with Gasteiger partial charge in [-0.2, -0.15) is 0 Å². The van der Waals surface area contributed by atoms with Crippen LogP contribution in [0.3, 0.4) is 0 Å². The molecule has 0 spiro atoms. The van der Waals surface area contributed by atoms with Crippen LogP contribution in [0.5, 0.6) is 0 Å². The van der Waals surface area contributed by atoms with E-state index in [4.69, 9.17) is 18.2 Å². The monoisotopic (exact) mass is 673 g/mol. The summed E-state index contributed by atoms with van der Waals surface area (Å²) in [5.74, 6) is 0. The Balaban J connectivity index is 1.34. The Kier molecular flexibility index (Phi) is 9.83. The summed E-state index contributed by atoms with van der Waals surface area (Å²) < 4.78 is 30.9. The number of nitrogens with one attached hydrogen (secondary N) is 1. The van der Waals surface area contributed by atoms with Gasteiger partial charge in [0, 0.05) is 24.2 Å². The first-order valence-electron chi connectivity index (χ1n) is 16.1. The molecule has 0 amide bonds. The maximum atomic E-state index is 13.0. The molecule has 11 heteroatoms. The van der Waals surface area contributed by atoms with Crippen LogP contribution < -0.4 is 21.6 Å². The molecule has 2 fully saturated rings. The van der Waals surface area contributed by atoms with Gasteiger partial charge in [-0.1, -0.05) is 112 Å². The topological polar surface area (TPSA) is 95.0 Å². The number of hydrogen-bond acceptors (Lipinski definition) is 7. The zero-order valence-electron chi connectivity index (χ0n) is 27.8. The molecule has 6 rings (SSSR count). The van der Waals surface area contributed by atoms with Crippen molar-refractivity contribution in [2.45, 2.75) is 76.7 Å². The molecule has 1 unspecified atom stereocenters. The van der Waals surface area contributed by atoms with Gasteiger partial charge in [0.15, 0.2) is 0 Å². The van der Waals surface area contributed by atoms with Crippen molar-refractivity contribution in [3.8, 4) is 0 Å². The second-order valence-electron chi connectivity index (χ2n) is 13.5. The van der Waals surface area contributed by atoms with E-state index in [0.717, 1.165) is 5.56 Å². The molecule has 4 aromatic rings. The van der Waals surface area contributed by atoms with E-state index in [1.54, 1.807) is 13.1 Å². The van der Waals surface area contributed by atoms with Gasteiger partial charge in [-0.05, 0) is 41.9 Å². The van der Waals surface area contributed by atoms with Crippen molar-refractivity contribution in [2.75, 3.05) is 13.7 Å². The van der Waals surface area contributed by atoms with Gasteiger partial charge >= 0.3 is 5.69 Å². The van der Waals surface area contributed by atoms with Crippen molar-refractivity contribution >= 4 is 27.2 Å². The predicted octanol–water partition coefficient (Wildman–Crippen LogP) is 5.41. The molecule has 0 saturated carbocycles. The summed E-state index contributed by atoms with van der Waals surface area (Å²) in [6, 6.07) is 31.2. The van der Waals surface area contributed by atoms with Crippen molar-refractivity contribution in [1.29, 1.82) is 0 Å². The maximum absolute atomic E-state index is 13.0. The van der Waals surface area contributed by atoms with Crippen LogP contribution in [0.4, 0.5) is 0 Å². The Morgan fingerprint density at radius 2 is 1.51 bits per heavy atom. The first-order valence-corrected chi connectivity index (χ1v) is 19.2. The minimum Gasteiger partial charge on any atom is -0.405 e. The molecule has 0 aliphatic carbocycles. The van der Waals surface area contributed by atoms with Crippen molar-refractivity contribution < 1.29 is 18.2 Å². The number of aromatic amines is 1. The fourth-order valence-electron chi connectivity index (χ4n) is 6.70. The van der Waals surface area contributed by atoms with Crippen LogP contribution in [0.2, 0.25) is 5.04 Å². The average Bonchev–Trinajstić information content (AvgIpc) is 3.59. The Morgan fingerprint density at radius 3 is 2.09 bits per heavy atom. The Morgan fingerprint density at radius 1 is 0.936 bits per heavy atom. The van der Waals surface area contributed by atoms with Crippen LogP contribution in [0.1, 0.15) is 57.6 Å². The Hall–Kier alpha value is -3.21. The van der Waals surface area contributed by atoms with Crippen LogP contribution in [0, 0.1) is 6.92 Å². The fourth-order valence-corrected chi connectivity index (χ4v) is 13.0. The highest BCUT2D eigenvalue weighted by Gasteiger charge is 2.52.